The maximum atomic E-state index is 6.33. The molecule has 2 aliphatic carbocycles. The van der Waals surface area contributed by atoms with E-state index in [1.807, 2.05) is 0 Å². The predicted molar refractivity (Wildman–Crippen MR) is 71.7 cm³/mol. The number of hydrogen-bond donors (Lipinski definition) is 1. The normalized spacial score (nSPS) is 23.8. The highest BCUT2D eigenvalue weighted by Crippen LogP contribution is 2.37. The molecule has 2 saturated carbocycles. The number of nitrogens with two attached hydrogens (primary N) is 1. The number of halogens is 1. The van der Waals surface area contributed by atoms with Crippen LogP contribution >= 0.6 is 12.4 Å². The molecule has 0 unspecified atom stereocenters. The van der Waals surface area contributed by atoms with Crippen molar-refractivity contribution in [2.75, 3.05) is 0 Å². The van der Waals surface area contributed by atoms with Crippen LogP contribution in [0.25, 0.3) is 0 Å². The van der Waals surface area contributed by atoms with E-state index in [0.29, 0.717) is 11.8 Å². The molecule has 1 aromatic heterocycles. The highest BCUT2D eigenvalue weighted by atomic mass is 35.5. The molecule has 4 nitrogen and oxygen atoms in total. The zero-order valence-electron chi connectivity index (χ0n) is 10.7. The van der Waals surface area contributed by atoms with Gasteiger partial charge in [-0.3, -0.25) is 0 Å². The predicted octanol–water partition coefficient (Wildman–Crippen LogP) is 3.27. The highest BCUT2D eigenvalue weighted by molar-refractivity contribution is 5.85. The lowest BCUT2D eigenvalue weighted by atomic mass is 9.89. The van der Waals surface area contributed by atoms with Crippen molar-refractivity contribution >= 4 is 12.4 Å². The Labute approximate surface area is 114 Å². The van der Waals surface area contributed by atoms with Crippen molar-refractivity contribution in [3.05, 3.63) is 11.7 Å². The highest BCUT2D eigenvalue weighted by Gasteiger charge is 2.37. The summed E-state index contributed by atoms with van der Waals surface area (Å²) in [5.41, 5.74) is 5.99. The summed E-state index contributed by atoms with van der Waals surface area (Å²) in [5, 5.41) is 4.16. The van der Waals surface area contributed by atoms with Crippen molar-refractivity contribution in [3.63, 3.8) is 0 Å². The summed E-state index contributed by atoms with van der Waals surface area (Å²) in [6, 6.07) is 0. The molecule has 102 valence electrons. The molecule has 5 heteroatoms. The van der Waals surface area contributed by atoms with Crippen LogP contribution in [0.1, 0.15) is 75.4 Å². The second-order valence-electron chi connectivity index (χ2n) is 5.66. The van der Waals surface area contributed by atoms with E-state index in [1.165, 1.54) is 44.9 Å². The minimum Gasteiger partial charge on any atom is -0.337 e. The molecule has 0 bridgehead atoms. The fraction of sp³-hybridized carbons (Fsp3) is 0.846. The third-order valence-corrected chi connectivity index (χ3v) is 4.33. The van der Waals surface area contributed by atoms with Crippen LogP contribution < -0.4 is 5.73 Å². The summed E-state index contributed by atoms with van der Waals surface area (Å²) in [6.07, 6.45) is 10.7. The van der Waals surface area contributed by atoms with E-state index in [2.05, 4.69) is 10.1 Å². The lowest BCUT2D eigenvalue weighted by Crippen LogP contribution is -2.33. The minimum atomic E-state index is -0.333. The molecular weight excluding hydrogens is 250 g/mol. The fourth-order valence-electron chi connectivity index (χ4n) is 3.18. The van der Waals surface area contributed by atoms with Crippen LogP contribution in [0.15, 0.2) is 4.52 Å². The van der Waals surface area contributed by atoms with Gasteiger partial charge in [0.1, 0.15) is 0 Å². The topological polar surface area (TPSA) is 64.9 Å². The molecule has 1 heterocycles. The van der Waals surface area contributed by atoms with Crippen LogP contribution in [0.4, 0.5) is 0 Å². The molecule has 18 heavy (non-hydrogen) atoms. The van der Waals surface area contributed by atoms with Crippen molar-refractivity contribution in [3.8, 4) is 0 Å². The third-order valence-electron chi connectivity index (χ3n) is 4.33. The first kappa shape index (κ1) is 13.8. The van der Waals surface area contributed by atoms with Crippen LogP contribution in [-0.4, -0.2) is 10.1 Å². The summed E-state index contributed by atoms with van der Waals surface area (Å²) in [7, 11) is 0. The molecule has 2 aliphatic rings. The quantitative estimate of drug-likeness (QED) is 0.897. The SMILES string of the molecule is Cl.NC1(c2nc(C3CCCCC3)no2)CCCC1. The summed E-state index contributed by atoms with van der Waals surface area (Å²) in [5.74, 6) is 2.08. The van der Waals surface area contributed by atoms with Gasteiger partial charge in [-0.1, -0.05) is 37.3 Å². The van der Waals surface area contributed by atoms with Gasteiger partial charge in [0.2, 0.25) is 5.89 Å². The lowest BCUT2D eigenvalue weighted by molar-refractivity contribution is 0.282. The summed E-state index contributed by atoms with van der Waals surface area (Å²) in [6.45, 7) is 0. The first-order valence-corrected chi connectivity index (χ1v) is 6.91. The van der Waals surface area contributed by atoms with Crippen LogP contribution in [0.5, 0.6) is 0 Å². The Kier molecular flexibility index (Phi) is 4.28. The first-order valence-electron chi connectivity index (χ1n) is 6.91. The van der Waals surface area contributed by atoms with Gasteiger partial charge in [-0.25, -0.2) is 0 Å². The number of hydrogen-bond acceptors (Lipinski definition) is 4. The van der Waals surface area contributed by atoms with Gasteiger partial charge in [0.15, 0.2) is 5.82 Å². The van der Waals surface area contributed by atoms with Crippen molar-refractivity contribution in [1.29, 1.82) is 0 Å². The number of aromatic nitrogens is 2. The van der Waals surface area contributed by atoms with Crippen LogP contribution in [0.3, 0.4) is 0 Å². The van der Waals surface area contributed by atoms with E-state index in [1.54, 1.807) is 0 Å². The van der Waals surface area contributed by atoms with Gasteiger partial charge >= 0.3 is 0 Å². The zero-order valence-corrected chi connectivity index (χ0v) is 11.5. The van der Waals surface area contributed by atoms with E-state index in [9.17, 15) is 0 Å². The Morgan fingerprint density at radius 3 is 2.39 bits per heavy atom. The molecule has 2 N–H and O–H groups in total. The van der Waals surface area contributed by atoms with Gasteiger partial charge in [-0.2, -0.15) is 4.98 Å². The third kappa shape index (κ3) is 2.54. The number of rotatable bonds is 2. The van der Waals surface area contributed by atoms with E-state index < -0.39 is 0 Å². The minimum absolute atomic E-state index is 0. The molecule has 0 aliphatic heterocycles. The van der Waals surface area contributed by atoms with Crippen LogP contribution in [0, 0.1) is 0 Å². The van der Waals surface area contributed by atoms with Crippen molar-refractivity contribution in [2.24, 2.45) is 5.73 Å². The summed E-state index contributed by atoms with van der Waals surface area (Å²) < 4.78 is 5.42. The van der Waals surface area contributed by atoms with E-state index in [4.69, 9.17) is 10.3 Å². The van der Waals surface area contributed by atoms with Crippen molar-refractivity contribution < 1.29 is 4.52 Å². The largest absolute Gasteiger partial charge is 0.337 e. The molecule has 0 radical (unpaired) electrons. The first-order chi connectivity index (χ1) is 8.28. The molecular formula is C13H22ClN3O. The fourth-order valence-corrected chi connectivity index (χ4v) is 3.18. The average molecular weight is 272 g/mol. The Morgan fingerprint density at radius 2 is 1.72 bits per heavy atom. The van der Waals surface area contributed by atoms with Crippen LogP contribution in [0.2, 0.25) is 0 Å². The van der Waals surface area contributed by atoms with E-state index >= 15 is 0 Å². The average Bonchev–Trinajstić information content (AvgIpc) is 2.99. The second-order valence-corrected chi connectivity index (χ2v) is 5.66. The Balaban J connectivity index is 0.00000120. The van der Waals surface area contributed by atoms with Crippen LogP contribution in [-0.2, 0) is 5.54 Å². The maximum absolute atomic E-state index is 6.33. The van der Waals surface area contributed by atoms with Gasteiger partial charge in [-0.15, -0.1) is 12.4 Å². The molecule has 2 fully saturated rings. The zero-order chi connectivity index (χ0) is 11.7. The Bertz CT molecular complexity index is 381. The molecule has 0 aromatic carbocycles. The molecule has 1 aromatic rings. The van der Waals surface area contributed by atoms with E-state index in [0.717, 1.165) is 18.7 Å². The number of nitrogens with zero attached hydrogens (tertiary/aromatic N) is 2. The molecule has 0 amide bonds. The van der Waals surface area contributed by atoms with Gasteiger partial charge in [0.05, 0.1) is 5.54 Å². The Hall–Kier alpha value is -0.610. The molecule has 0 atom stereocenters. The molecule has 0 saturated heterocycles. The molecule has 0 spiro atoms. The second kappa shape index (κ2) is 5.57. The van der Waals surface area contributed by atoms with Crippen molar-refractivity contribution in [2.45, 2.75) is 69.2 Å². The summed E-state index contributed by atoms with van der Waals surface area (Å²) in [4.78, 5) is 4.58. The smallest absolute Gasteiger partial charge is 0.246 e. The monoisotopic (exact) mass is 271 g/mol. The van der Waals surface area contributed by atoms with Gasteiger partial charge in [-0.05, 0) is 25.7 Å². The Morgan fingerprint density at radius 1 is 1.06 bits per heavy atom. The van der Waals surface area contributed by atoms with Crippen molar-refractivity contribution in [1.82, 2.24) is 10.1 Å². The summed E-state index contributed by atoms with van der Waals surface area (Å²) >= 11 is 0. The maximum Gasteiger partial charge on any atom is 0.246 e. The van der Waals surface area contributed by atoms with Gasteiger partial charge in [0.25, 0.3) is 0 Å². The standard InChI is InChI=1S/C13H21N3O.ClH/c14-13(8-4-5-9-13)12-15-11(16-17-12)10-6-2-1-3-7-10;/h10H,1-9,14H2;1H. The molecule has 3 rings (SSSR count). The van der Waals surface area contributed by atoms with E-state index in [-0.39, 0.29) is 17.9 Å². The van der Waals surface area contributed by atoms with Gasteiger partial charge < -0.3 is 10.3 Å². The lowest BCUT2D eigenvalue weighted by Gasteiger charge is -2.19. The van der Waals surface area contributed by atoms with Gasteiger partial charge in [0, 0.05) is 5.92 Å².